The summed E-state index contributed by atoms with van der Waals surface area (Å²) >= 11 is 1.53. The molecule has 0 fully saturated rings. The van der Waals surface area contributed by atoms with Gasteiger partial charge in [-0.15, -0.1) is 11.3 Å². The number of fused-ring (bicyclic) bond motifs is 1. The zero-order valence-corrected chi connectivity index (χ0v) is 11.0. The first kappa shape index (κ1) is 12.0. The maximum Gasteiger partial charge on any atom is 0.279 e. The third-order valence-electron chi connectivity index (χ3n) is 3.01. The molecule has 0 radical (unpaired) electrons. The van der Waals surface area contributed by atoms with Crippen LogP contribution in [0.15, 0.2) is 12.4 Å². The van der Waals surface area contributed by atoms with Gasteiger partial charge in [-0.05, 0) is 25.7 Å². The molecule has 0 aliphatic heterocycles. The van der Waals surface area contributed by atoms with Crippen LogP contribution in [0.3, 0.4) is 0 Å². The molecule has 2 heterocycles. The van der Waals surface area contributed by atoms with Gasteiger partial charge in [0.25, 0.3) is 5.91 Å². The van der Waals surface area contributed by atoms with E-state index in [4.69, 9.17) is 5.73 Å². The van der Waals surface area contributed by atoms with Gasteiger partial charge in [-0.25, -0.2) is 15.0 Å². The molecule has 0 aromatic carbocycles. The van der Waals surface area contributed by atoms with Crippen molar-refractivity contribution in [1.29, 1.82) is 0 Å². The van der Waals surface area contributed by atoms with E-state index in [0.717, 1.165) is 18.5 Å². The first-order valence-corrected chi connectivity index (χ1v) is 6.92. The minimum absolute atomic E-state index is 0.126. The van der Waals surface area contributed by atoms with Crippen LogP contribution in [0.4, 0.5) is 10.9 Å². The summed E-state index contributed by atoms with van der Waals surface area (Å²) < 4.78 is 0. The highest BCUT2D eigenvalue weighted by atomic mass is 32.1. The lowest BCUT2D eigenvalue weighted by molar-refractivity contribution is 0.102. The van der Waals surface area contributed by atoms with Gasteiger partial charge in [-0.1, -0.05) is 0 Å². The van der Waals surface area contributed by atoms with Gasteiger partial charge in [0, 0.05) is 17.3 Å². The van der Waals surface area contributed by atoms with Crippen LogP contribution in [0.25, 0.3) is 0 Å². The smallest absolute Gasteiger partial charge is 0.279 e. The average molecular weight is 275 g/mol. The van der Waals surface area contributed by atoms with Gasteiger partial charge in [-0.3, -0.25) is 10.1 Å². The summed E-state index contributed by atoms with van der Waals surface area (Å²) in [6, 6.07) is 0. The van der Waals surface area contributed by atoms with Crippen molar-refractivity contribution < 1.29 is 4.79 Å². The van der Waals surface area contributed by atoms with E-state index >= 15 is 0 Å². The van der Waals surface area contributed by atoms with Crippen LogP contribution in [-0.2, 0) is 12.8 Å². The van der Waals surface area contributed by atoms with Crippen molar-refractivity contribution >= 4 is 28.2 Å². The maximum atomic E-state index is 12.0. The average Bonchev–Trinajstić information content (AvgIpc) is 2.81. The predicted molar refractivity (Wildman–Crippen MR) is 73.2 cm³/mol. The maximum absolute atomic E-state index is 12.0. The van der Waals surface area contributed by atoms with Crippen molar-refractivity contribution in [1.82, 2.24) is 15.0 Å². The van der Waals surface area contributed by atoms with Gasteiger partial charge in [0.2, 0.25) is 0 Å². The second-order valence-corrected chi connectivity index (χ2v) is 5.42. The van der Waals surface area contributed by atoms with Gasteiger partial charge in [-0.2, -0.15) is 0 Å². The van der Waals surface area contributed by atoms with E-state index in [-0.39, 0.29) is 17.4 Å². The minimum atomic E-state index is -0.364. The highest BCUT2D eigenvalue weighted by Gasteiger charge is 2.18. The van der Waals surface area contributed by atoms with Crippen LogP contribution in [0.5, 0.6) is 0 Å². The molecule has 0 bridgehead atoms. The van der Waals surface area contributed by atoms with E-state index in [1.165, 1.54) is 41.4 Å². The van der Waals surface area contributed by atoms with Crippen molar-refractivity contribution in [2.45, 2.75) is 25.7 Å². The van der Waals surface area contributed by atoms with Crippen LogP contribution < -0.4 is 11.1 Å². The molecule has 98 valence electrons. The van der Waals surface area contributed by atoms with Crippen LogP contribution in [0.1, 0.15) is 33.9 Å². The topological polar surface area (TPSA) is 93.8 Å². The lowest BCUT2D eigenvalue weighted by atomic mass is 10.0. The van der Waals surface area contributed by atoms with Crippen LogP contribution >= 0.6 is 11.3 Å². The van der Waals surface area contributed by atoms with Crippen molar-refractivity contribution in [3.05, 3.63) is 28.7 Å². The number of nitrogens with zero attached hydrogens (tertiary/aromatic N) is 3. The zero-order chi connectivity index (χ0) is 13.2. The largest absolute Gasteiger partial charge is 0.382 e. The highest BCUT2D eigenvalue weighted by molar-refractivity contribution is 7.15. The van der Waals surface area contributed by atoms with Gasteiger partial charge in [0.15, 0.2) is 16.6 Å². The molecule has 0 atom stereocenters. The molecular formula is C12H13N5OS. The molecule has 0 saturated heterocycles. The number of nitrogens with two attached hydrogens (primary N) is 1. The van der Waals surface area contributed by atoms with Gasteiger partial charge in [0.1, 0.15) is 0 Å². The Hall–Kier alpha value is -2.02. The summed E-state index contributed by atoms with van der Waals surface area (Å²) in [5.74, 6) is -0.238. The fourth-order valence-electron chi connectivity index (χ4n) is 2.09. The fourth-order valence-corrected chi connectivity index (χ4v) is 3.13. The number of hydrogen-bond acceptors (Lipinski definition) is 6. The SMILES string of the molecule is Nc1nccnc1C(=O)Nc1nc2c(s1)CCCC2. The molecule has 7 heteroatoms. The Labute approximate surface area is 114 Å². The van der Waals surface area contributed by atoms with Crippen LogP contribution in [0.2, 0.25) is 0 Å². The van der Waals surface area contributed by atoms with Crippen molar-refractivity contribution in [3.8, 4) is 0 Å². The minimum Gasteiger partial charge on any atom is -0.382 e. The van der Waals surface area contributed by atoms with E-state index in [9.17, 15) is 4.79 Å². The lowest BCUT2D eigenvalue weighted by Crippen LogP contribution is -2.16. The van der Waals surface area contributed by atoms with Gasteiger partial charge >= 0.3 is 0 Å². The number of aromatic nitrogens is 3. The Morgan fingerprint density at radius 1 is 1.26 bits per heavy atom. The Balaban J connectivity index is 1.80. The number of nitrogen functional groups attached to an aromatic ring is 1. The van der Waals surface area contributed by atoms with Crippen LogP contribution in [0, 0.1) is 0 Å². The van der Waals surface area contributed by atoms with E-state index in [0.29, 0.717) is 5.13 Å². The number of carbonyl (C=O) groups is 1. The van der Waals surface area contributed by atoms with Crippen molar-refractivity contribution in [2.24, 2.45) is 0 Å². The number of hydrogen-bond donors (Lipinski definition) is 2. The van der Waals surface area contributed by atoms with E-state index in [1.807, 2.05) is 0 Å². The summed E-state index contributed by atoms with van der Waals surface area (Å²) in [6.45, 7) is 0. The Morgan fingerprint density at radius 3 is 2.84 bits per heavy atom. The van der Waals surface area contributed by atoms with E-state index in [2.05, 4.69) is 20.3 Å². The molecule has 3 rings (SSSR count). The first-order valence-electron chi connectivity index (χ1n) is 6.10. The normalized spacial score (nSPS) is 13.9. The molecule has 2 aromatic rings. The number of rotatable bonds is 2. The molecule has 19 heavy (non-hydrogen) atoms. The third kappa shape index (κ3) is 2.41. The summed E-state index contributed by atoms with van der Waals surface area (Å²) in [4.78, 5) is 25.5. The number of nitrogens with one attached hydrogen (secondary N) is 1. The van der Waals surface area contributed by atoms with Gasteiger partial charge in [0.05, 0.1) is 5.69 Å². The second-order valence-electron chi connectivity index (χ2n) is 4.34. The monoisotopic (exact) mass is 275 g/mol. The molecule has 0 unspecified atom stereocenters. The summed E-state index contributed by atoms with van der Waals surface area (Å²) in [6.07, 6.45) is 7.30. The van der Waals surface area contributed by atoms with Crippen molar-refractivity contribution in [2.75, 3.05) is 11.1 Å². The molecule has 3 N–H and O–H groups in total. The molecule has 1 aliphatic rings. The Morgan fingerprint density at radius 2 is 2.05 bits per heavy atom. The second kappa shape index (κ2) is 4.93. The number of carbonyl (C=O) groups excluding carboxylic acids is 1. The molecular weight excluding hydrogens is 262 g/mol. The summed E-state index contributed by atoms with van der Waals surface area (Å²) in [5, 5.41) is 3.36. The number of amides is 1. The fraction of sp³-hybridized carbons (Fsp3) is 0.333. The lowest BCUT2D eigenvalue weighted by Gasteiger charge is -2.06. The van der Waals surface area contributed by atoms with E-state index in [1.54, 1.807) is 0 Å². The first-order chi connectivity index (χ1) is 9.24. The van der Waals surface area contributed by atoms with Crippen LogP contribution in [-0.4, -0.2) is 20.9 Å². The zero-order valence-electron chi connectivity index (χ0n) is 10.2. The van der Waals surface area contributed by atoms with Gasteiger partial charge < -0.3 is 5.73 Å². The highest BCUT2D eigenvalue weighted by Crippen LogP contribution is 2.29. The predicted octanol–water partition coefficient (Wildman–Crippen LogP) is 1.65. The quantitative estimate of drug-likeness (QED) is 0.869. The Bertz CT molecular complexity index is 601. The summed E-state index contributed by atoms with van der Waals surface area (Å²) in [5.41, 5.74) is 6.87. The molecule has 1 amide bonds. The van der Waals surface area contributed by atoms with Crippen molar-refractivity contribution in [3.63, 3.8) is 0 Å². The summed E-state index contributed by atoms with van der Waals surface area (Å²) in [7, 11) is 0. The van der Waals surface area contributed by atoms with E-state index < -0.39 is 0 Å². The standard InChI is InChI=1S/C12H13N5OS/c13-10-9(14-5-6-15-10)11(18)17-12-16-7-3-1-2-4-8(7)19-12/h5-6H,1-4H2,(H2,13,15)(H,16,17,18). The Kier molecular flexibility index (Phi) is 3.12. The molecule has 0 saturated carbocycles. The number of thiazole rings is 1. The molecule has 6 nitrogen and oxygen atoms in total. The molecule has 2 aromatic heterocycles. The molecule has 0 spiro atoms. The number of anilines is 2. The molecule has 1 aliphatic carbocycles. The third-order valence-corrected chi connectivity index (χ3v) is 4.08. The number of aryl methyl sites for hydroxylation is 2.